The van der Waals surface area contributed by atoms with E-state index in [-0.39, 0.29) is 0 Å². The topological polar surface area (TPSA) is 76.0 Å². The summed E-state index contributed by atoms with van der Waals surface area (Å²) < 4.78 is 2.04. The van der Waals surface area contributed by atoms with Crippen molar-refractivity contribution < 1.29 is 9.59 Å². The monoisotopic (exact) mass is 376 g/mol. The van der Waals surface area contributed by atoms with Gasteiger partial charge >= 0.3 is 11.8 Å². The van der Waals surface area contributed by atoms with Crippen LogP contribution in [0.25, 0.3) is 11.4 Å². The number of rotatable bonds is 6. The summed E-state index contributed by atoms with van der Waals surface area (Å²) in [7, 11) is 0. The molecule has 0 aliphatic carbocycles. The summed E-state index contributed by atoms with van der Waals surface area (Å²) in [4.78, 5) is 28.6. The molecular formula is C22H24N4O2. The van der Waals surface area contributed by atoms with Crippen molar-refractivity contribution in [1.82, 2.24) is 14.9 Å². The average Bonchev–Trinajstić information content (AvgIpc) is 3.17. The molecule has 3 aromatic rings. The summed E-state index contributed by atoms with van der Waals surface area (Å²) in [5, 5.41) is 5.34. The first-order valence-electron chi connectivity index (χ1n) is 9.28. The second kappa shape index (κ2) is 8.99. The Balaban J connectivity index is 1.48. The van der Waals surface area contributed by atoms with Crippen molar-refractivity contribution in [3.8, 4) is 11.4 Å². The molecule has 0 aliphatic rings. The first kappa shape index (κ1) is 19.4. The smallest absolute Gasteiger partial charge is 0.313 e. The Morgan fingerprint density at radius 3 is 2.57 bits per heavy atom. The Morgan fingerprint density at radius 2 is 1.79 bits per heavy atom. The average molecular weight is 376 g/mol. The maximum atomic E-state index is 12.1. The van der Waals surface area contributed by atoms with E-state index in [0.717, 1.165) is 22.5 Å². The van der Waals surface area contributed by atoms with Gasteiger partial charge in [-0.1, -0.05) is 42.5 Å². The summed E-state index contributed by atoms with van der Waals surface area (Å²) in [6, 6.07) is 15.5. The van der Waals surface area contributed by atoms with Crippen LogP contribution in [0.1, 0.15) is 17.5 Å². The van der Waals surface area contributed by atoms with E-state index >= 15 is 0 Å². The normalized spacial score (nSPS) is 10.5. The van der Waals surface area contributed by atoms with Crippen LogP contribution < -0.4 is 10.6 Å². The van der Waals surface area contributed by atoms with Gasteiger partial charge in [-0.05, 0) is 37.5 Å². The molecule has 0 bridgehead atoms. The molecule has 0 unspecified atom stereocenters. The first-order valence-corrected chi connectivity index (χ1v) is 9.28. The highest BCUT2D eigenvalue weighted by Crippen LogP contribution is 2.18. The number of hydrogen-bond donors (Lipinski definition) is 2. The SMILES string of the molecule is Cc1cccc(NC(=O)C(=O)NCCCn2ccnc2-c2ccccc2)c1C. The molecule has 2 N–H and O–H groups in total. The zero-order valence-corrected chi connectivity index (χ0v) is 16.1. The number of aromatic nitrogens is 2. The van der Waals surface area contributed by atoms with Crippen molar-refractivity contribution in [3.05, 3.63) is 72.1 Å². The second-order valence-electron chi connectivity index (χ2n) is 6.62. The number of imidazole rings is 1. The number of amides is 2. The predicted octanol–water partition coefficient (Wildman–Crippen LogP) is 3.31. The molecule has 3 rings (SSSR count). The van der Waals surface area contributed by atoms with Gasteiger partial charge in [-0.15, -0.1) is 0 Å². The lowest BCUT2D eigenvalue weighted by Crippen LogP contribution is -2.36. The summed E-state index contributed by atoms with van der Waals surface area (Å²) in [6.45, 7) is 4.98. The minimum absolute atomic E-state index is 0.408. The maximum absolute atomic E-state index is 12.1. The standard InChI is InChI=1S/C22H24N4O2/c1-16-8-6-11-19(17(16)2)25-22(28)21(27)24-12-7-14-26-15-13-23-20(26)18-9-4-3-5-10-18/h3-6,8-11,13,15H,7,12,14H2,1-2H3,(H,24,27)(H,25,28). The summed E-state index contributed by atoms with van der Waals surface area (Å²) >= 11 is 0. The molecule has 0 fully saturated rings. The van der Waals surface area contributed by atoms with E-state index in [2.05, 4.69) is 15.6 Å². The zero-order valence-electron chi connectivity index (χ0n) is 16.1. The highest BCUT2D eigenvalue weighted by molar-refractivity contribution is 6.39. The molecule has 1 heterocycles. The van der Waals surface area contributed by atoms with Crippen LogP contribution in [0, 0.1) is 13.8 Å². The van der Waals surface area contributed by atoms with Crippen LogP contribution in [0.4, 0.5) is 5.69 Å². The van der Waals surface area contributed by atoms with E-state index in [1.165, 1.54) is 0 Å². The van der Waals surface area contributed by atoms with Gasteiger partial charge < -0.3 is 15.2 Å². The third kappa shape index (κ3) is 4.65. The van der Waals surface area contributed by atoms with Crippen molar-refractivity contribution in [2.75, 3.05) is 11.9 Å². The fraction of sp³-hybridized carbons (Fsp3) is 0.227. The number of hydrogen-bond acceptors (Lipinski definition) is 3. The lowest BCUT2D eigenvalue weighted by molar-refractivity contribution is -0.136. The molecule has 144 valence electrons. The Morgan fingerprint density at radius 1 is 1.00 bits per heavy atom. The van der Waals surface area contributed by atoms with Gasteiger partial charge in [-0.25, -0.2) is 4.98 Å². The maximum Gasteiger partial charge on any atom is 0.313 e. The van der Waals surface area contributed by atoms with Gasteiger partial charge in [0.2, 0.25) is 0 Å². The van der Waals surface area contributed by atoms with Crippen molar-refractivity contribution in [1.29, 1.82) is 0 Å². The number of carbonyl (C=O) groups excluding carboxylic acids is 2. The Kier molecular flexibility index (Phi) is 6.22. The van der Waals surface area contributed by atoms with Crippen LogP contribution in [0.3, 0.4) is 0 Å². The fourth-order valence-electron chi connectivity index (χ4n) is 2.93. The van der Waals surface area contributed by atoms with Crippen LogP contribution in [0.5, 0.6) is 0 Å². The van der Waals surface area contributed by atoms with E-state index in [9.17, 15) is 9.59 Å². The lowest BCUT2D eigenvalue weighted by Gasteiger charge is -2.11. The minimum atomic E-state index is -0.652. The molecule has 2 aromatic carbocycles. The molecule has 0 spiro atoms. The van der Waals surface area contributed by atoms with Crippen LogP contribution in [-0.2, 0) is 16.1 Å². The quantitative estimate of drug-likeness (QED) is 0.512. The Hall–Kier alpha value is -3.41. The van der Waals surface area contributed by atoms with Crippen LogP contribution in [0.15, 0.2) is 60.9 Å². The molecule has 6 nitrogen and oxygen atoms in total. The van der Waals surface area contributed by atoms with Gasteiger partial charge in [0.15, 0.2) is 0 Å². The molecule has 2 amide bonds. The van der Waals surface area contributed by atoms with Gasteiger partial charge in [0, 0.05) is 36.7 Å². The molecule has 0 saturated carbocycles. The highest BCUT2D eigenvalue weighted by atomic mass is 16.2. The van der Waals surface area contributed by atoms with Gasteiger partial charge in [0.05, 0.1) is 0 Å². The van der Waals surface area contributed by atoms with Gasteiger partial charge in [-0.2, -0.15) is 0 Å². The Labute approximate surface area is 164 Å². The lowest BCUT2D eigenvalue weighted by atomic mass is 10.1. The zero-order chi connectivity index (χ0) is 19.9. The molecule has 0 atom stereocenters. The van der Waals surface area contributed by atoms with Crippen molar-refractivity contribution >= 4 is 17.5 Å². The number of anilines is 1. The predicted molar refractivity (Wildman–Crippen MR) is 110 cm³/mol. The summed E-state index contributed by atoms with van der Waals surface area (Å²) in [5.74, 6) is -0.393. The number of carbonyl (C=O) groups is 2. The molecule has 6 heteroatoms. The molecule has 28 heavy (non-hydrogen) atoms. The molecule has 0 aliphatic heterocycles. The largest absolute Gasteiger partial charge is 0.348 e. The van der Waals surface area contributed by atoms with Crippen LogP contribution >= 0.6 is 0 Å². The van der Waals surface area contributed by atoms with Gasteiger partial charge in [-0.3, -0.25) is 9.59 Å². The van der Waals surface area contributed by atoms with Crippen LogP contribution in [0.2, 0.25) is 0 Å². The minimum Gasteiger partial charge on any atom is -0.348 e. The number of nitrogens with zero attached hydrogens (tertiary/aromatic N) is 2. The molecular weight excluding hydrogens is 352 g/mol. The van der Waals surface area contributed by atoms with Crippen molar-refractivity contribution in [3.63, 3.8) is 0 Å². The number of aryl methyl sites for hydroxylation is 2. The Bertz CT molecular complexity index is 964. The first-order chi connectivity index (χ1) is 13.6. The van der Waals surface area contributed by atoms with Gasteiger partial charge in [0.1, 0.15) is 5.82 Å². The summed E-state index contributed by atoms with van der Waals surface area (Å²) in [6.07, 6.45) is 4.37. The van der Waals surface area contributed by atoms with Crippen LogP contribution in [-0.4, -0.2) is 27.9 Å². The molecule has 0 saturated heterocycles. The number of nitrogens with one attached hydrogen (secondary N) is 2. The van der Waals surface area contributed by atoms with Crippen molar-refractivity contribution in [2.24, 2.45) is 0 Å². The van der Waals surface area contributed by atoms with E-state index in [1.54, 1.807) is 12.3 Å². The van der Waals surface area contributed by atoms with Gasteiger partial charge in [0.25, 0.3) is 0 Å². The third-order valence-corrected chi connectivity index (χ3v) is 4.67. The second-order valence-corrected chi connectivity index (χ2v) is 6.62. The third-order valence-electron chi connectivity index (χ3n) is 4.67. The van der Waals surface area contributed by atoms with E-state index in [1.807, 2.05) is 67.1 Å². The number of benzene rings is 2. The fourth-order valence-corrected chi connectivity index (χ4v) is 2.93. The highest BCUT2D eigenvalue weighted by Gasteiger charge is 2.14. The van der Waals surface area contributed by atoms with Crippen molar-refractivity contribution in [2.45, 2.75) is 26.8 Å². The van der Waals surface area contributed by atoms with E-state index in [0.29, 0.717) is 25.2 Å². The summed E-state index contributed by atoms with van der Waals surface area (Å²) in [5.41, 5.74) is 3.72. The molecule has 0 radical (unpaired) electrons. The molecule has 1 aromatic heterocycles. The van der Waals surface area contributed by atoms with E-state index in [4.69, 9.17) is 0 Å². The van der Waals surface area contributed by atoms with E-state index < -0.39 is 11.8 Å².